The normalized spacial score (nSPS) is 13.8. The molecule has 0 saturated carbocycles. The zero-order valence-electron chi connectivity index (χ0n) is 20.1. The number of ether oxygens (including phenoxy) is 1. The van der Waals surface area contributed by atoms with Gasteiger partial charge in [0.05, 0.1) is 13.4 Å². The van der Waals surface area contributed by atoms with Crippen molar-refractivity contribution in [3.05, 3.63) is 94.8 Å². The summed E-state index contributed by atoms with van der Waals surface area (Å²) in [7, 11) is 1.66. The molecule has 0 spiro atoms. The van der Waals surface area contributed by atoms with Crippen molar-refractivity contribution < 1.29 is 13.9 Å². The molecule has 1 aliphatic rings. The average Bonchev–Trinajstić information content (AvgIpc) is 3.28. The molecule has 0 bridgehead atoms. The topological polar surface area (TPSA) is 42.7 Å². The van der Waals surface area contributed by atoms with Crippen LogP contribution in [0.3, 0.4) is 0 Å². The molecule has 1 aromatic heterocycles. The molecular weight excluding hydrogens is 422 g/mol. The van der Waals surface area contributed by atoms with E-state index < -0.39 is 0 Å². The Kier molecular flexibility index (Phi) is 5.74. The monoisotopic (exact) mass is 451 g/mol. The highest BCUT2D eigenvalue weighted by molar-refractivity contribution is 6.01. The second-order valence-corrected chi connectivity index (χ2v) is 9.08. The van der Waals surface area contributed by atoms with Gasteiger partial charge in [0.15, 0.2) is 0 Å². The Morgan fingerprint density at radius 3 is 2.53 bits per heavy atom. The Balaban J connectivity index is 1.53. The van der Waals surface area contributed by atoms with Crippen molar-refractivity contribution in [2.24, 2.45) is 0 Å². The van der Waals surface area contributed by atoms with Crippen molar-refractivity contribution in [1.82, 2.24) is 4.90 Å². The van der Waals surface area contributed by atoms with Crippen LogP contribution < -0.4 is 4.74 Å². The van der Waals surface area contributed by atoms with E-state index >= 15 is 0 Å². The first-order chi connectivity index (χ1) is 16.5. The van der Waals surface area contributed by atoms with Crippen LogP contribution in [0.4, 0.5) is 0 Å². The van der Waals surface area contributed by atoms with E-state index in [1.807, 2.05) is 24.8 Å². The molecule has 172 valence electrons. The number of fused-ring (bicyclic) bond motifs is 2. The third-order valence-electron chi connectivity index (χ3n) is 6.82. The number of furan rings is 1. The van der Waals surface area contributed by atoms with Gasteiger partial charge in [-0.15, -0.1) is 0 Å². The second-order valence-electron chi connectivity index (χ2n) is 9.08. The molecular formula is C30H29NO3. The van der Waals surface area contributed by atoms with Gasteiger partial charge in [0.2, 0.25) is 5.91 Å². The number of methoxy groups -OCH3 is 1. The minimum absolute atomic E-state index is 0.0257. The van der Waals surface area contributed by atoms with E-state index in [1.165, 1.54) is 16.7 Å². The van der Waals surface area contributed by atoms with Crippen LogP contribution >= 0.6 is 0 Å². The molecule has 0 atom stereocenters. The van der Waals surface area contributed by atoms with Crippen molar-refractivity contribution in [3.8, 4) is 16.9 Å². The fourth-order valence-corrected chi connectivity index (χ4v) is 4.87. The SMILES string of the molecule is COc1c(/C(C)=C/C(=O)N2CCc3ccccc3C2)cc2c(-c3ccc(C)cc3)coc2c1C. The molecule has 0 unspecified atom stereocenters. The number of hydrogen-bond acceptors (Lipinski definition) is 3. The Bertz CT molecular complexity index is 1410. The maximum absolute atomic E-state index is 13.2. The number of aryl methyl sites for hydroxylation is 2. The van der Waals surface area contributed by atoms with Gasteiger partial charge in [-0.2, -0.15) is 0 Å². The summed E-state index contributed by atoms with van der Waals surface area (Å²) in [5.41, 5.74) is 9.44. The third kappa shape index (κ3) is 3.90. The summed E-state index contributed by atoms with van der Waals surface area (Å²) in [5.74, 6) is 0.764. The summed E-state index contributed by atoms with van der Waals surface area (Å²) in [6.45, 7) is 7.44. The van der Waals surface area contributed by atoms with Gasteiger partial charge < -0.3 is 14.1 Å². The standard InChI is InChI=1S/C30H29NO3/c1-19-9-11-23(12-10-19)27-18-34-30-21(3)29(33-4)25(16-26(27)30)20(2)15-28(32)31-14-13-22-7-5-6-8-24(22)17-31/h5-12,15-16,18H,13-14,17H2,1-4H3/b20-15+. The Hall–Kier alpha value is -3.79. The van der Waals surface area contributed by atoms with E-state index in [0.717, 1.165) is 57.5 Å². The third-order valence-corrected chi connectivity index (χ3v) is 6.82. The highest BCUT2D eigenvalue weighted by Gasteiger charge is 2.22. The molecule has 5 rings (SSSR count). The van der Waals surface area contributed by atoms with Crippen LogP contribution in [0.1, 0.15) is 34.7 Å². The van der Waals surface area contributed by atoms with Gasteiger partial charge in [0, 0.05) is 41.2 Å². The van der Waals surface area contributed by atoms with Crippen molar-refractivity contribution in [2.75, 3.05) is 13.7 Å². The number of rotatable bonds is 4. The quantitative estimate of drug-likeness (QED) is 0.324. The number of nitrogens with zero attached hydrogens (tertiary/aromatic N) is 1. The molecule has 0 fully saturated rings. The zero-order chi connectivity index (χ0) is 23.8. The molecule has 3 aromatic carbocycles. The van der Waals surface area contributed by atoms with Gasteiger partial charge in [-0.25, -0.2) is 0 Å². The molecule has 1 aliphatic heterocycles. The number of allylic oxidation sites excluding steroid dienone is 1. The number of amides is 1. The van der Waals surface area contributed by atoms with Gasteiger partial charge in [0.25, 0.3) is 0 Å². The predicted molar refractivity (Wildman–Crippen MR) is 137 cm³/mol. The van der Waals surface area contributed by atoms with Gasteiger partial charge in [0.1, 0.15) is 11.3 Å². The lowest BCUT2D eigenvalue weighted by Gasteiger charge is -2.28. The first kappa shape index (κ1) is 22.0. The number of benzene rings is 3. The van der Waals surface area contributed by atoms with Crippen LogP contribution in [-0.4, -0.2) is 24.5 Å². The van der Waals surface area contributed by atoms with Gasteiger partial charge in [-0.1, -0.05) is 54.1 Å². The molecule has 4 nitrogen and oxygen atoms in total. The molecule has 0 aliphatic carbocycles. The van der Waals surface area contributed by atoms with Gasteiger partial charge in [-0.05, 0) is 55.5 Å². The van der Waals surface area contributed by atoms with E-state index in [4.69, 9.17) is 9.15 Å². The number of carbonyl (C=O) groups is 1. The molecule has 1 amide bonds. The summed E-state index contributed by atoms with van der Waals surface area (Å²) < 4.78 is 11.8. The fraction of sp³-hybridized carbons (Fsp3) is 0.233. The van der Waals surface area contributed by atoms with Crippen LogP contribution in [0.5, 0.6) is 5.75 Å². The summed E-state index contributed by atoms with van der Waals surface area (Å²) in [6.07, 6.45) is 4.43. The second kappa shape index (κ2) is 8.86. The average molecular weight is 452 g/mol. The molecule has 2 heterocycles. The smallest absolute Gasteiger partial charge is 0.247 e. The lowest BCUT2D eigenvalue weighted by atomic mass is 9.96. The largest absolute Gasteiger partial charge is 0.496 e. The lowest BCUT2D eigenvalue weighted by molar-refractivity contribution is -0.126. The Morgan fingerprint density at radius 2 is 1.79 bits per heavy atom. The van der Waals surface area contributed by atoms with Crippen molar-refractivity contribution >= 4 is 22.4 Å². The molecule has 34 heavy (non-hydrogen) atoms. The predicted octanol–water partition coefficient (Wildman–Crippen LogP) is 6.71. The molecule has 0 N–H and O–H groups in total. The fourth-order valence-electron chi connectivity index (χ4n) is 4.87. The van der Waals surface area contributed by atoms with E-state index in [9.17, 15) is 4.79 Å². The van der Waals surface area contributed by atoms with Crippen molar-refractivity contribution in [3.63, 3.8) is 0 Å². The first-order valence-electron chi connectivity index (χ1n) is 11.7. The van der Waals surface area contributed by atoms with Gasteiger partial charge >= 0.3 is 0 Å². The lowest BCUT2D eigenvalue weighted by Crippen LogP contribution is -2.34. The summed E-state index contributed by atoms with van der Waals surface area (Å²) in [5, 5.41) is 1.02. The zero-order valence-corrected chi connectivity index (χ0v) is 20.1. The van der Waals surface area contributed by atoms with Crippen LogP contribution in [-0.2, 0) is 17.8 Å². The molecule has 0 saturated heterocycles. The number of hydrogen-bond donors (Lipinski definition) is 0. The first-order valence-corrected chi connectivity index (χ1v) is 11.7. The Labute approximate surface area is 200 Å². The van der Waals surface area contributed by atoms with Gasteiger partial charge in [-0.3, -0.25) is 4.79 Å². The van der Waals surface area contributed by atoms with E-state index in [1.54, 1.807) is 19.4 Å². The highest BCUT2D eigenvalue weighted by atomic mass is 16.5. The highest BCUT2D eigenvalue weighted by Crippen LogP contribution is 2.40. The molecule has 0 radical (unpaired) electrons. The van der Waals surface area contributed by atoms with Crippen LogP contribution in [0, 0.1) is 13.8 Å². The minimum atomic E-state index is 0.0257. The van der Waals surface area contributed by atoms with E-state index in [0.29, 0.717) is 6.54 Å². The van der Waals surface area contributed by atoms with Crippen molar-refractivity contribution in [1.29, 1.82) is 0 Å². The maximum atomic E-state index is 13.2. The number of carbonyl (C=O) groups excluding carboxylic acids is 1. The molecule has 4 aromatic rings. The van der Waals surface area contributed by atoms with Crippen LogP contribution in [0.25, 0.3) is 27.7 Å². The van der Waals surface area contributed by atoms with Crippen LogP contribution in [0.2, 0.25) is 0 Å². The minimum Gasteiger partial charge on any atom is -0.496 e. The van der Waals surface area contributed by atoms with E-state index in [-0.39, 0.29) is 5.91 Å². The maximum Gasteiger partial charge on any atom is 0.247 e. The van der Waals surface area contributed by atoms with E-state index in [2.05, 4.69) is 55.5 Å². The summed E-state index contributed by atoms with van der Waals surface area (Å²) in [6, 6.07) is 18.9. The summed E-state index contributed by atoms with van der Waals surface area (Å²) in [4.78, 5) is 15.1. The summed E-state index contributed by atoms with van der Waals surface area (Å²) >= 11 is 0. The Morgan fingerprint density at radius 1 is 1.06 bits per heavy atom. The van der Waals surface area contributed by atoms with Crippen LogP contribution in [0.15, 0.2) is 71.4 Å². The van der Waals surface area contributed by atoms with Crippen molar-refractivity contribution in [2.45, 2.75) is 33.7 Å². The molecule has 4 heteroatoms.